The van der Waals surface area contributed by atoms with E-state index in [1.54, 1.807) is 19.0 Å². The van der Waals surface area contributed by atoms with Gasteiger partial charge in [0, 0.05) is 27.2 Å². The van der Waals surface area contributed by atoms with Crippen molar-refractivity contribution in [1.82, 2.24) is 9.80 Å². The summed E-state index contributed by atoms with van der Waals surface area (Å²) in [5.74, 6) is 0.153. The van der Waals surface area contributed by atoms with Crippen molar-refractivity contribution in [2.24, 2.45) is 0 Å². The second-order valence-corrected chi connectivity index (χ2v) is 5.21. The van der Waals surface area contributed by atoms with E-state index in [-0.39, 0.29) is 12.0 Å². The van der Waals surface area contributed by atoms with Gasteiger partial charge in [-0.05, 0) is 12.0 Å². The predicted molar refractivity (Wildman–Crippen MR) is 75.0 cm³/mol. The first-order valence-corrected chi connectivity index (χ1v) is 6.73. The van der Waals surface area contributed by atoms with Crippen molar-refractivity contribution in [3.8, 4) is 0 Å². The van der Waals surface area contributed by atoms with E-state index in [9.17, 15) is 4.79 Å². The molecule has 1 fully saturated rings. The molecule has 104 valence electrons. The Bertz CT molecular complexity index is 406. The zero-order valence-electron chi connectivity index (χ0n) is 11.7. The molecule has 1 aromatic carbocycles. The van der Waals surface area contributed by atoms with Crippen molar-refractivity contribution in [3.05, 3.63) is 35.9 Å². The van der Waals surface area contributed by atoms with Crippen LogP contribution in [0.5, 0.6) is 0 Å². The lowest BCUT2D eigenvalue weighted by Crippen LogP contribution is -2.47. The van der Waals surface area contributed by atoms with Gasteiger partial charge >= 0.3 is 0 Å². The highest BCUT2D eigenvalue weighted by Crippen LogP contribution is 2.11. The molecule has 0 aromatic heterocycles. The predicted octanol–water partition coefficient (Wildman–Crippen LogP) is 1.02. The van der Waals surface area contributed by atoms with Crippen LogP contribution in [0, 0.1) is 0 Å². The third kappa shape index (κ3) is 4.33. The zero-order chi connectivity index (χ0) is 13.7. The molecule has 1 aromatic rings. The minimum atomic E-state index is 0.153. The second-order valence-electron chi connectivity index (χ2n) is 5.21. The Morgan fingerprint density at radius 1 is 1.37 bits per heavy atom. The summed E-state index contributed by atoms with van der Waals surface area (Å²) < 4.78 is 5.79. The highest BCUT2D eigenvalue weighted by atomic mass is 16.5. The number of nitrogens with zero attached hydrogens (tertiary/aromatic N) is 2. The Kier molecular flexibility index (Phi) is 4.93. The van der Waals surface area contributed by atoms with Crippen LogP contribution < -0.4 is 0 Å². The molecule has 2 rings (SSSR count). The maximum Gasteiger partial charge on any atom is 0.236 e. The number of morpholine rings is 1. The Morgan fingerprint density at radius 3 is 2.79 bits per heavy atom. The number of amides is 1. The molecule has 0 saturated carbocycles. The van der Waals surface area contributed by atoms with Gasteiger partial charge in [-0.15, -0.1) is 0 Å². The lowest BCUT2D eigenvalue weighted by Gasteiger charge is -2.33. The molecule has 0 bridgehead atoms. The van der Waals surface area contributed by atoms with Crippen LogP contribution in [0.4, 0.5) is 0 Å². The number of ether oxygens (including phenoxy) is 1. The average Bonchev–Trinajstić information content (AvgIpc) is 2.40. The fraction of sp³-hybridized carbons (Fsp3) is 0.533. The Morgan fingerprint density at radius 2 is 2.11 bits per heavy atom. The number of benzene rings is 1. The van der Waals surface area contributed by atoms with Gasteiger partial charge in [0.2, 0.25) is 5.91 Å². The molecule has 1 aliphatic heterocycles. The van der Waals surface area contributed by atoms with Crippen LogP contribution in [-0.2, 0) is 16.0 Å². The summed E-state index contributed by atoms with van der Waals surface area (Å²) >= 11 is 0. The van der Waals surface area contributed by atoms with Gasteiger partial charge in [-0.25, -0.2) is 0 Å². The lowest BCUT2D eigenvalue weighted by molar-refractivity contribution is -0.131. The van der Waals surface area contributed by atoms with Gasteiger partial charge in [-0.2, -0.15) is 0 Å². The fourth-order valence-corrected chi connectivity index (χ4v) is 2.26. The number of hydrogen-bond donors (Lipinski definition) is 0. The first kappa shape index (κ1) is 14.0. The second kappa shape index (κ2) is 6.68. The van der Waals surface area contributed by atoms with Crippen LogP contribution in [0.3, 0.4) is 0 Å². The van der Waals surface area contributed by atoms with Crippen molar-refractivity contribution in [2.45, 2.75) is 12.5 Å². The monoisotopic (exact) mass is 262 g/mol. The summed E-state index contributed by atoms with van der Waals surface area (Å²) in [7, 11) is 3.59. The van der Waals surface area contributed by atoms with Gasteiger partial charge in [-0.1, -0.05) is 30.3 Å². The molecule has 0 radical (unpaired) electrons. The molecule has 4 heteroatoms. The van der Waals surface area contributed by atoms with E-state index in [1.165, 1.54) is 5.56 Å². The van der Waals surface area contributed by atoms with Crippen LogP contribution in [0.2, 0.25) is 0 Å². The van der Waals surface area contributed by atoms with Gasteiger partial charge in [0.1, 0.15) is 0 Å². The van der Waals surface area contributed by atoms with Crippen LogP contribution in [0.1, 0.15) is 5.56 Å². The van der Waals surface area contributed by atoms with E-state index in [1.807, 2.05) is 18.2 Å². The molecule has 19 heavy (non-hydrogen) atoms. The van der Waals surface area contributed by atoms with Crippen LogP contribution >= 0.6 is 0 Å². The molecule has 4 nitrogen and oxygen atoms in total. The first-order valence-electron chi connectivity index (χ1n) is 6.73. The summed E-state index contributed by atoms with van der Waals surface area (Å²) in [6.07, 6.45) is 1.10. The molecule has 1 atom stereocenters. The first-order chi connectivity index (χ1) is 9.15. The molecule has 0 aliphatic carbocycles. The minimum absolute atomic E-state index is 0.153. The molecular formula is C15H22N2O2. The third-order valence-electron chi connectivity index (χ3n) is 3.39. The highest BCUT2D eigenvalue weighted by Gasteiger charge is 2.22. The maximum atomic E-state index is 11.7. The van der Waals surface area contributed by atoms with Crippen LogP contribution in [-0.4, -0.2) is 62.1 Å². The van der Waals surface area contributed by atoms with E-state index in [0.717, 1.165) is 19.5 Å². The van der Waals surface area contributed by atoms with E-state index in [4.69, 9.17) is 4.74 Å². The van der Waals surface area contributed by atoms with Crippen molar-refractivity contribution >= 4 is 5.91 Å². The Labute approximate surface area is 115 Å². The van der Waals surface area contributed by atoms with Crippen molar-refractivity contribution in [3.63, 3.8) is 0 Å². The summed E-state index contributed by atoms with van der Waals surface area (Å²) in [4.78, 5) is 15.5. The van der Waals surface area contributed by atoms with E-state index >= 15 is 0 Å². The molecular weight excluding hydrogens is 240 g/mol. The number of carbonyl (C=O) groups is 1. The molecule has 0 N–H and O–H groups in total. The van der Waals surface area contributed by atoms with E-state index < -0.39 is 0 Å². The quantitative estimate of drug-likeness (QED) is 0.812. The average molecular weight is 262 g/mol. The number of rotatable bonds is 4. The molecule has 0 spiro atoms. The Balaban J connectivity index is 1.85. The minimum Gasteiger partial charge on any atom is -0.375 e. The lowest BCUT2D eigenvalue weighted by atomic mass is 10.1. The van der Waals surface area contributed by atoms with Gasteiger partial charge in [0.05, 0.1) is 19.3 Å². The molecule has 1 aliphatic rings. The molecule has 1 heterocycles. The number of hydrogen-bond acceptors (Lipinski definition) is 3. The van der Waals surface area contributed by atoms with Crippen LogP contribution in [0.15, 0.2) is 30.3 Å². The SMILES string of the molecule is CN(C)C(=O)CN1CCO[C@@H](Cc2ccccc2)C1. The van der Waals surface area contributed by atoms with Crippen molar-refractivity contribution in [1.29, 1.82) is 0 Å². The highest BCUT2D eigenvalue weighted by molar-refractivity contribution is 5.77. The molecule has 0 unspecified atom stereocenters. The standard InChI is InChI=1S/C15H22N2O2/c1-16(2)15(18)12-17-8-9-19-14(11-17)10-13-6-4-3-5-7-13/h3-7,14H,8-12H2,1-2H3/t14-/m0/s1. The fourth-order valence-electron chi connectivity index (χ4n) is 2.26. The molecule has 1 saturated heterocycles. The zero-order valence-corrected chi connectivity index (χ0v) is 11.7. The summed E-state index contributed by atoms with van der Waals surface area (Å²) in [6.45, 7) is 2.86. The van der Waals surface area contributed by atoms with E-state index in [0.29, 0.717) is 13.2 Å². The third-order valence-corrected chi connectivity index (χ3v) is 3.39. The van der Waals surface area contributed by atoms with Gasteiger partial charge in [-0.3, -0.25) is 9.69 Å². The molecule has 1 amide bonds. The largest absolute Gasteiger partial charge is 0.375 e. The van der Waals surface area contributed by atoms with Crippen molar-refractivity contribution in [2.75, 3.05) is 40.3 Å². The van der Waals surface area contributed by atoms with Gasteiger partial charge in [0.15, 0.2) is 0 Å². The maximum absolute atomic E-state index is 11.7. The van der Waals surface area contributed by atoms with Crippen molar-refractivity contribution < 1.29 is 9.53 Å². The number of likely N-dealkylation sites (N-methyl/N-ethyl adjacent to an activating group) is 1. The van der Waals surface area contributed by atoms with Gasteiger partial charge in [0.25, 0.3) is 0 Å². The topological polar surface area (TPSA) is 32.8 Å². The van der Waals surface area contributed by atoms with Crippen LogP contribution in [0.25, 0.3) is 0 Å². The van der Waals surface area contributed by atoms with E-state index in [2.05, 4.69) is 17.0 Å². The summed E-state index contributed by atoms with van der Waals surface area (Å²) in [6, 6.07) is 10.4. The normalized spacial score (nSPS) is 20.2. The smallest absolute Gasteiger partial charge is 0.236 e. The van der Waals surface area contributed by atoms with Gasteiger partial charge < -0.3 is 9.64 Å². The number of carbonyl (C=O) groups excluding carboxylic acids is 1. The Hall–Kier alpha value is -1.39. The summed E-state index contributed by atoms with van der Waals surface area (Å²) in [5, 5.41) is 0. The summed E-state index contributed by atoms with van der Waals surface area (Å²) in [5.41, 5.74) is 1.29.